The maximum atomic E-state index is 11.4. The molecule has 3 nitrogen and oxygen atoms in total. The van der Waals surface area contributed by atoms with Gasteiger partial charge in [0.25, 0.3) is 0 Å². The molecular weight excluding hydrogens is 212 g/mol. The third-order valence-corrected chi connectivity index (χ3v) is 2.69. The van der Waals surface area contributed by atoms with Crippen molar-refractivity contribution in [2.75, 3.05) is 6.54 Å². The van der Waals surface area contributed by atoms with E-state index in [-0.39, 0.29) is 0 Å². The van der Waals surface area contributed by atoms with E-state index in [1.165, 1.54) is 19.0 Å². The van der Waals surface area contributed by atoms with Gasteiger partial charge in [0.05, 0.1) is 6.54 Å². The van der Waals surface area contributed by atoms with Gasteiger partial charge in [0.2, 0.25) is 0 Å². The number of carbonyl (C=O) groups excluding carboxylic acids is 1. The molecule has 98 valence electrons. The van der Waals surface area contributed by atoms with Gasteiger partial charge in [0.15, 0.2) is 0 Å². The first kappa shape index (κ1) is 16.0. The smallest absolute Gasteiger partial charge is 0.132 e. The van der Waals surface area contributed by atoms with Crippen LogP contribution in [0.25, 0.3) is 0 Å². The molecule has 0 heterocycles. The molecule has 0 aromatic carbocycles. The molecule has 0 atom stereocenters. The number of carbonyl (C=O) groups is 1. The Hall–Kier alpha value is -0.990. The third-order valence-electron chi connectivity index (χ3n) is 2.69. The number of Topliss-reactive ketones (excluding diaryl/α,β-unsaturated/α-hetero) is 1. The molecule has 17 heavy (non-hydrogen) atoms. The van der Waals surface area contributed by atoms with Crippen LogP contribution in [0.1, 0.15) is 64.7 Å². The van der Waals surface area contributed by atoms with Gasteiger partial charge in [0, 0.05) is 19.0 Å². The van der Waals surface area contributed by atoms with Crippen LogP contribution >= 0.6 is 0 Å². The maximum Gasteiger partial charge on any atom is 0.132 e. The lowest BCUT2D eigenvalue weighted by Crippen LogP contribution is -1.97. The number of hydrogen-bond donors (Lipinski definition) is 0. The van der Waals surface area contributed by atoms with Crippen molar-refractivity contribution in [1.29, 1.82) is 0 Å². The fraction of sp³-hybridized carbons (Fsp3) is 0.786. The molecule has 0 amide bonds. The summed E-state index contributed by atoms with van der Waals surface area (Å²) in [7, 11) is 0. The van der Waals surface area contributed by atoms with Crippen molar-refractivity contribution in [2.45, 2.75) is 64.7 Å². The van der Waals surface area contributed by atoms with Gasteiger partial charge in [-0.15, -0.1) is 0 Å². The SMILES string of the molecule is C=CN=NCCCCCCCC(=O)CCCC. The summed E-state index contributed by atoms with van der Waals surface area (Å²) in [5, 5.41) is 7.62. The molecule has 0 fully saturated rings. The summed E-state index contributed by atoms with van der Waals surface area (Å²) in [6, 6.07) is 0. The minimum atomic E-state index is 0.437. The average Bonchev–Trinajstić information content (AvgIpc) is 2.34. The van der Waals surface area contributed by atoms with E-state index in [9.17, 15) is 4.79 Å². The summed E-state index contributed by atoms with van der Waals surface area (Å²) in [5.41, 5.74) is 0. The predicted octanol–water partition coefficient (Wildman–Crippen LogP) is 4.68. The second-order valence-corrected chi connectivity index (χ2v) is 4.32. The summed E-state index contributed by atoms with van der Waals surface area (Å²) in [6.45, 7) is 6.38. The Balaban J connectivity index is 3.15. The van der Waals surface area contributed by atoms with E-state index in [4.69, 9.17) is 0 Å². The molecule has 0 bridgehead atoms. The highest BCUT2D eigenvalue weighted by Gasteiger charge is 2.00. The van der Waals surface area contributed by atoms with Gasteiger partial charge in [-0.3, -0.25) is 4.79 Å². The second kappa shape index (κ2) is 13.1. The van der Waals surface area contributed by atoms with Crippen LogP contribution in [-0.2, 0) is 4.79 Å². The fourth-order valence-corrected chi connectivity index (χ4v) is 1.65. The molecule has 0 radical (unpaired) electrons. The largest absolute Gasteiger partial charge is 0.300 e. The molecule has 0 aliphatic heterocycles. The number of ketones is 1. The fourth-order valence-electron chi connectivity index (χ4n) is 1.65. The zero-order valence-electron chi connectivity index (χ0n) is 11.2. The second-order valence-electron chi connectivity index (χ2n) is 4.32. The van der Waals surface area contributed by atoms with Crippen LogP contribution in [0.4, 0.5) is 0 Å². The van der Waals surface area contributed by atoms with Gasteiger partial charge in [0.1, 0.15) is 5.78 Å². The number of unbranched alkanes of at least 4 members (excludes halogenated alkanes) is 5. The molecule has 0 spiro atoms. The first-order valence-electron chi connectivity index (χ1n) is 6.80. The highest BCUT2D eigenvalue weighted by molar-refractivity contribution is 5.78. The monoisotopic (exact) mass is 238 g/mol. The highest BCUT2D eigenvalue weighted by atomic mass is 16.1. The van der Waals surface area contributed by atoms with E-state index in [1.54, 1.807) is 0 Å². The Labute approximate surface area is 105 Å². The van der Waals surface area contributed by atoms with Gasteiger partial charge in [-0.2, -0.15) is 10.2 Å². The Morgan fingerprint density at radius 3 is 2.41 bits per heavy atom. The molecule has 0 aromatic rings. The quantitative estimate of drug-likeness (QED) is 0.359. The van der Waals surface area contributed by atoms with Crippen LogP contribution < -0.4 is 0 Å². The molecule has 0 N–H and O–H groups in total. The van der Waals surface area contributed by atoms with Gasteiger partial charge in [-0.05, 0) is 19.3 Å². The number of azo groups is 1. The minimum absolute atomic E-state index is 0.437. The number of hydrogen-bond acceptors (Lipinski definition) is 3. The molecule has 0 aliphatic carbocycles. The lowest BCUT2D eigenvalue weighted by molar-refractivity contribution is -0.119. The first-order valence-corrected chi connectivity index (χ1v) is 6.80. The van der Waals surface area contributed by atoms with Crippen LogP contribution in [0.5, 0.6) is 0 Å². The van der Waals surface area contributed by atoms with Crippen molar-refractivity contribution in [3.8, 4) is 0 Å². The highest BCUT2D eigenvalue weighted by Crippen LogP contribution is 2.08. The van der Waals surface area contributed by atoms with Crippen molar-refractivity contribution >= 4 is 5.78 Å². The predicted molar refractivity (Wildman–Crippen MR) is 72.2 cm³/mol. The van der Waals surface area contributed by atoms with Crippen molar-refractivity contribution in [1.82, 2.24) is 0 Å². The Morgan fingerprint density at radius 2 is 1.71 bits per heavy atom. The van der Waals surface area contributed by atoms with E-state index in [0.717, 1.165) is 51.5 Å². The molecule has 0 aromatic heterocycles. The molecular formula is C14H26N2O. The molecule has 0 saturated heterocycles. The number of nitrogens with zero attached hydrogens (tertiary/aromatic N) is 2. The molecule has 0 saturated carbocycles. The molecule has 0 rings (SSSR count). The summed E-state index contributed by atoms with van der Waals surface area (Å²) in [6.07, 6.45) is 10.9. The van der Waals surface area contributed by atoms with E-state index >= 15 is 0 Å². The summed E-state index contributed by atoms with van der Waals surface area (Å²) >= 11 is 0. The Bertz CT molecular complexity index is 224. The molecule has 0 aliphatic rings. The lowest BCUT2D eigenvalue weighted by atomic mass is 10.1. The molecule has 3 heteroatoms. The van der Waals surface area contributed by atoms with Gasteiger partial charge in [-0.1, -0.05) is 39.2 Å². The first-order chi connectivity index (χ1) is 8.31. The average molecular weight is 238 g/mol. The zero-order valence-corrected chi connectivity index (χ0v) is 11.2. The van der Waals surface area contributed by atoms with Gasteiger partial charge >= 0.3 is 0 Å². The van der Waals surface area contributed by atoms with Crippen molar-refractivity contribution in [2.24, 2.45) is 10.2 Å². The number of rotatable bonds is 12. The minimum Gasteiger partial charge on any atom is -0.300 e. The Kier molecular flexibility index (Phi) is 12.3. The zero-order chi connectivity index (χ0) is 12.8. The van der Waals surface area contributed by atoms with E-state index < -0.39 is 0 Å². The van der Waals surface area contributed by atoms with Crippen LogP contribution in [0.3, 0.4) is 0 Å². The van der Waals surface area contributed by atoms with E-state index in [1.807, 2.05) is 0 Å². The summed E-state index contributed by atoms with van der Waals surface area (Å²) in [5.74, 6) is 0.437. The molecule has 0 unspecified atom stereocenters. The topological polar surface area (TPSA) is 41.8 Å². The van der Waals surface area contributed by atoms with Gasteiger partial charge < -0.3 is 0 Å². The van der Waals surface area contributed by atoms with Crippen LogP contribution in [0, 0.1) is 0 Å². The van der Waals surface area contributed by atoms with Crippen molar-refractivity contribution in [3.05, 3.63) is 12.8 Å². The van der Waals surface area contributed by atoms with Crippen LogP contribution in [-0.4, -0.2) is 12.3 Å². The van der Waals surface area contributed by atoms with Crippen LogP contribution in [0.15, 0.2) is 23.0 Å². The standard InChI is InChI=1S/C14H26N2O/c1-3-5-11-14(17)12-9-7-6-8-10-13-16-15-4-2/h4H,2-3,5-13H2,1H3. The lowest BCUT2D eigenvalue weighted by Gasteiger charge is -2.00. The summed E-state index contributed by atoms with van der Waals surface area (Å²) in [4.78, 5) is 11.4. The van der Waals surface area contributed by atoms with E-state index in [2.05, 4.69) is 23.7 Å². The van der Waals surface area contributed by atoms with Crippen LogP contribution in [0.2, 0.25) is 0 Å². The maximum absolute atomic E-state index is 11.4. The normalized spacial score (nSPS) is 10.9. The summed E-state index contributed by atoms with van der Waals surface area (Å²) < 4.78 is 0. The van der Waals surface area contributed by atoms with Gasteiger partial charge in [-0.25, -0.2) is 0 Å². The third kappa shape index (κ3) is 12.9. The van der Waals surface area contributed by atoms with Crippen molar-refractivity contribution < 1.29 is 4.79 Å². The van der Waals surface area contributed by atoms with E-state index in [0.29, 0.717) is 5.78 Å². The van der Waals surface area contributed by atoms with Crippen molar-refractivity contribution in [3.63, 3.8) is 0 Å². The Morgan fingerprint density at radius 1 is 1.06 bits per heavy atom.